The Morgan fingerprint density at radius 2 is 1.02 bits per heavy atom. The minimum Gasteiger partial charge on any atom is -0.309 e. The van der Waals surface area contributed by atoms with Gasteiger partial charge < -0.3 is 4.57 Å². The molecule has 7 aromatic carbocycles. The molecule has 11 aromatic rings. The van der Waals surface area contributed by atoms with Crippen molar-refractivity contribution in [1.29, 1.82) is 0 Å². The van der Waals surface area contributed by atoms with Gasteiger partial charge in [0.05, 0.1) is 28.1 Å². The number of benzene rings is 7. The minimum absolute atomic E-state index is 0.950. The summed E-state index contributed by atoms with van der Waals surface area (Å²) in [6.45, 7) is 0. The van der Waals surface area contributed by atoms with Crippen LogP contribution in [0.3, 0.4) is 0 Å². The van der Waals surface area contributed by atoms with Gasteiger partial charge in [-0.1, -0.05) is 121 Å². The number of nitrogens with zero attached hydrogens (tertiary/aromatic N) is 2. The van der Waals surface area contributed by atoms with Crippen LogP contribution >= 0.6 is 22.7 Å². The van der Waals surface area contributed by atoms with Crippen LogP contribution in [0.15, 0.2) is 170 Å². The molecule has 51 heavy (non-hydrogen) atoms. The van der Waals surface area contributed by atoms with Crippen molar-refractivity contribution in [2.45, 2.75) is 0 Å². The van der Waals surface area contributed by atoms with Crippen LogP contribution in [0.25, 0.3) is 101 Å². The summed E-state index contributed by atoms with van der Waals surface area (Å²) in [6.07, 6.45) is 0. The van der Waals surface area contributed by atoms with E-state index in [0.717, 1.165) is 28.2 Å². The second-order valence-electron chi connectivity index (χ2n) is 13.1. The van der Waals surface area contributed by atoms with Crippen molar-refractivity contribution in [2.75, 3.05) is 0 Å². The maximum Gasteiger partial charge on any atom is 0.0744 e. The molecule has 0 amide bonds. The summed E-state index contributed by atoms with van der Waals surface area (Å²) in [5.74, 6) is 0. The molecule has 4 aromatic heterocycles. The molecule has 0 fully saturated rings. The van der Waals surface area contributed by atoms with E-state index < -0.39 is 0 Å². The summed E-state index contributed by atoms with van der Waals surface area (Å²) in [7, 11) is 0. The molecule has 4 heterocycles. The molecule has 238 valence electrons. The molecule has 4 heteroatoms. The lowest BCUT2D eigenvalue weighted by Gasteiger charge is -2.14. The summed E-state index contributed by atoms with van der Waals surface area (Å²) in [5.41, 5.74) is 10.0. The highest BCUT2D eigenvalue weighted by atomic mass is 32.1. The van der Waals surface area contributed by atoms with E-state index >= 15 is 0 Å². The lowest BCUT2D eigenvalue weighted by molar-refractivity contribution is 1.16. The third-order valence-electron chi connectivity index (χ3n) is 10.2. The highest BCUT2D eigenvalue weighted by molar-refractivity contribution is 7.26. The lowest BCUT2D eigenvalue weighted by Crippen LogP contribution is -1.98. The Morgan fingerprint density at radius 1 is 0.373 bits per heavy atom. The number of hydrogen-bond acceptors (Lipinski definition) is 3. The van der Waals surface area contributed by atoms with Crippen LogP contribution in [0.2, 0.25) is 0 Å². The Labute approximate surface area is 302 Å². The van der Waals surface area contributed by atoms with Gasteiger partial charge in [-0.25, -0.2) is 4.98 Å². The first-order valence-corrected chi connectivity index (χ1v) is 18.8. The van der Waals surface area contributed by atoms with E-state index in [-0.39, 0.29) is 0 Å². The van der Waals surface area contributed by atoms with Crippen LogP contribution in [0.5, 0.6) is 0 Å². The van der Waals surface area contributed by atoms with E-state index in [1.165, 1.54) is 73.3 Å². The summed E-state index contributed by atoms with van der Waals surface area (Å²) in [6, 6.07) is 61.8. The van der Waals surface area contributed by atoms with Gasteiger partial charge in [-0.15, -0.1) is 22.7 Å². The molecule has 0 unspecified atom stereocenters. The van der Waals surface area contributed by atoms with Gasteiger partial charge >= 0.3 is 0 Å². The van der Waals surface area contributed by atoms with Crippen molar-refractivity contribution in [3.8, 4) is 39.3 Å². The standard InChI is InChI=1S/C47H28N2S2/c1-2-12-29(13-3-1)30-14-10-15-31(24-30)40-25-32(26-41(48-40)37-20-11-19-36-34-17-5-9-23-45(34)51-47(36)37)49-42-21-7-4-16-33(42)38-28-46-39(27-43(38)49)35-18-6-8-22-44(35)50-46/h1-28H. The molecule has 0 bridgehead atoms. The number of thiophene rings is 2. The third-order valence-corrected chi connectivity index (χ3v) is 12.5. The number of aromatic nitrogens is 2. The fourth-order valence-corrected chi connectivity index (χ4v) is 10.2. The number of hydrogen-bond donors (Lipinski definition) is 0. The number of fused-ring (bicyclic) bond motifs is 9. The van der Waals surface area contributed by atoms with E-state index in [0.29, 0.717) is 0 Å². The first kappa shape index (κ1) is 28.7. The maximum atomic E-state index is 5.48. The fourth-order valence-electron chi connectivity index (χ4n) is 7.83. The van der Waals surface area contributed by atoms with Gasteiger partial charge in [0.25, 0.3) is 0 Å². The van der Waals surface area contributed by atoms with Gasteiger partial charge in [0.2, 0.25) is 0 Å². The molecule has 0 aliphatic rings. The average molecular weight is 685 g/mol. The smallest absolute Gasteiger partial charge is 0.0744 e. The molecule has 0 saturated heterocycles. The summed E-state index contributed by atoms with van der Waals surface area (Å²) < 4.78 is 7.65. The van der Waals surface area contributed by atoms with E-state index in [9.17, 15) is 0 Å². The van der Waals surface area contributed by atoms with Gasteiger partial charge in [0.1, 0.15) is 0 Å². The van der Waals surface area contributed by atoms with Crippen molar-refractivity contribution in [3.05, 3.63) is 170 Å². The third kappa shape index (κ3) is 4.51. The molecule has 0 spiro atoms. The summed E-state index contributed by atoms with van der Waals surface area (Å²) in [4.78, 5) is 5.48. The van der Waals surface area contributed by atoms with Crippen molar-refractivity contribution < 1.29 is 0 Å². The average Bonchev–Trinajstić information content (AvgIpc) is 3.86. The number of rotatable bonds is 4. The highest BCUT2D eigenvalue weighted by Crippen LogP contribution is 2.43. The normalized spacial score (nSPS) is 11.9. The van der Waals surface area contributed by atoms with Crippen molar-refractivity contribution >= 4 is 84.8 Å². The van der Waals surface area contributed by atoms with Crippen LogP contribution in [0.1, 0.15) is 0 Å². The van der Waals surface area contributed by atoms with Crippen molar-refractivity contribution in [2.24, 2.45) is 0 Å². The predicted octanol–water partition coefficient (Wildman–Crippen LogP) is 13.9. The quantitative estimate of drug-likeness (QED) is 0.180. The van der Waals surface area contributed by atoms with Gasteiger partial charge in [-0.2, -0.15) is 0 Å². The molecule has 0 aliphatic carbocycles. The van der Waals surface area contributed by atoms with Crippen LogP contribution in [0.4, 0.5) is 0 Å². The second-order valence-corrected chi connectivity index (χ2v) is 15.3. The molecular formula is C47H28N2S2. The molecule has 0 radical (unpaired) electrons. The van der Waals surface area contributed by atoms with E-state index in [1.807, 2.05) is 22.7 Å². The highest BCUT2D eigenvalue weighted by Gasteiger charge is 2.19. The zero-order chi connectivity index (χ0) is 33.5. The Morgan fingerprint density at radius 3 is 1.88 bits per heavy atom. The SMILES string of the molecule is c1ccc(-c2cccc(-c3cc(-n4c5ccccc5c5cc6sc7ccccc7c6cc54)cc(-c4cccc5c4sc4ccccc45)n3)c2)cc1. The molecule has 0 atom stereocenters. The molecular weight excluding hydrogens is 657 g/mol. The van der Waals surface area contributed by atoms with Gasteiger partial charge in [0, 0.05) is 62.2 Å². The fraction of sp³-hybridized carbons (Fsp3) is 0. The monoisotopic (exact) mass is 684 g/mol. The van der Waals surface area contributed by atoms with E-state index in [4.69, 9.17) is 4.98 Å². The zero-order valence-electron chi connectivity index (χ0n) is 27.4. The van der Waals surface area contributed by atoms with Crippen LogP contribution < -0.4 is 0 Å². The Hall–Kier alpha value is -6.07. The Kier molecular flexibility index (Phi) is 6.32. The maximum absolute atomic E-state index is 5.48. The summed E-state index contributed by atoms with van der Waals surface area (Å²) >= 11 is 3.72. The first-order valence-electron chi connectivity index (χ1n) is 17.2. The van der Waals surface area contributed by atoms with Gasteiger partial charge in [0.15, 0.2) is 0 Å². The lowest BCUT2D eigenvalue weighted by atomic mass is 10.0. The molecule has 0 N–H and O–H groups in total. The van der Waals surface area contributed by atoms with Gasteiger partial charge in [-0.3, -0.25) is 0 Å². The topological polar surface area (TPSA) is 17.8 Å². The number of pyridine rings is 1. The number of para-hydroxylation sites is 1. The molecule has 0 saturated carbocycles. The van der Waals surface area contributed by atoms with E-state index in [1.54, 1.807) is 0 Å². The first-order chi connectivity index (χ1) is 25.3. The van der Waals surface area contributed by atoms with Crippen LogP contribution in [-0.2, 0) is 0 Å². The Balaban J connectivity index is 1.22. The van der Waals surface area contributed by atoms with Crippen molar-refractivity contribution in [1.82, 2.24) is 9.55 Å². The van der Waals surface area contributed by atoms with Crippen molar-refractivity contribution in [3.63, 3.8) is 0 Å². The van der Waals surface area contributed by atoms with Crippen LogP contribution in [-0.4, -0.2) is 9.55 Å². The summed E-state index contributed by atoms with van der Waals surface area (Å²) in [5, 5.41) is 7.69. The second kappa shape index (κ2) is 11.2. The largest absolute Gasteiger partial charge is 0.309 e. The van der Waals surface area contributed by atoms with Crippen LogP contribution in [0, 0.1) is 0 Å². The molecule has 0 aliphatic heterocycles. The predicted molar refractivity (Wildman–Crippen MR) is 221 cm³/mol. The minimum atomic E-state index is 0.950. The van der Waals surface area contributed by atoms with Gasteiger partial charge in [-0.05, 0) is 59.7 Å². The molecule has 2 nitrogen and oxygen atoms in total. The van der Waals surface area contributed by atoms with E-state index in [2.05, 4.69) is 174 Å². The molecule has 11 rings (SSSR count). The Bertz CT molecular complexity index is 3140. The zero-order valence-corrected chi connectivity index (χ0v) is 29.0.